The molecule has 0 fully saturated rings. The molecule has 2 aromatic rings. The van der Waals surface area contributed by atoms with E-state index in [1.54, 1.807) is 31.2 Å². The first-order chi connectivity index (χ1) is 15.8. The highest BCUT2D eigenvalue weighted by Gasteiger charge is 2.31. The van der Waals surface area contributed by atoms with Crippen LogP contribution in [0.3, 0.4) is 0 Å². The van der Waals surface area contributed by atoms with Gasteiger partial charge in [-0.05, 0) is 51.8 Å². The number of nitrogens with zero attached hydrogens (tertiary/aromatic N) is 2. The minimum atomic E-state index is -3.82. The van der Waals surface area contributed by atoms with Crippen LogP contribution in [0.25, 0.3) is 0 Å². The summed E-state index contributed by atoms with van der Waals surface area (Å²) >= 11 is 0. The number of carbonyl (C=O) groups excluding carboxylic acids is 2. The van der Waals surface area contributed by atoms with Gasteiger partial charge in [0.2, 0.25) is 21.8 Å². The minimum Gasteiger partial charge on any atom is -0.495 e. The summed E-state index contributed by atoms with van der Waals surface area (Å²) in [7, 11) is -2.38. The van der Waals surface area contributed by atoms with Crippen molar-refractivity contribution in [1.29, 1.82) is 0 Å². The van der Waals surface area contributed by atoms with E-state index in [0.29, 0.717) is 12.2 Å². The molecule has 0 unspecified atom stereocenters. The van der Waals surface area contributed by atoms with Crippen LogP contribution in [0.1, 0.15) is 33.3 Å². The molecule has 2 aromatic carbocycles. The predicted octanol–water partition coefficient (Wildman–Crippen LogP) is 2.84. The van der Waals surface area contributed by atoms with Crippen LogP contribution in [0, 0.1) is 0 Å². The maximum Gasteiger partial charge on any atom is 0.244 e. The van der Waals surface area contributed by atoms with Gasteiger partial charge in [0.05, 0.1) is 19.1 Å². The lowest BCUT2D eigenvalue weighted by Gasteiger charge is -2.33. The molecule has 0 aromatic heterocycles. The molecule has 0 spiro atoms. The van der Waals surface area contributed by atoms with Crippen molar-refractivity contribution in [3.8, 4) is 5.75 Å². The molecule has 34 heavy (non-hydrogen) atoms. The van der Waals surface area contributed by atoms with E-state index in [1.807, 2.05) is 51.1 Å². The number of methoxy groups -OCH3 is 1. The summed E-state index contributed by atoms with van der Waals surface area (Å²) in [4.78, 5) is 27.8. The van der Waals surface area contributed by atoms with Crippen molar-refractivity contribution in [3.63, 3.8) is 0 Å². The summed E-state index contributed by atoms with van der Waals surface area (Å²) in [5.41, 5.74) is 0.791. The molecule has 0 bridgehead atoms. The quantitative estimate of drug-likeness (QED) is 0.554. The van der Waals surface area contributed by atoms with Gasteiger partial charge in [-0.1, -0.05) is 42.5 Å². The number of rotatable bonds is 10. The van der Waals surface area contributed by atoms with Crippen LogP contribution in [0.2, 0.25) is 0 Å². The Hall–Kier alpha value is -3.07. The fourth-order valence-corrected chi connectivity index (χ4v) is 4.33. The molecule has 8 nitrogen and oxygen atoms in total. The second-order valence-electron chi connectivity index (χ2n) is 9.18. The van der Waals surface area contributed by atoms with Gasteiger partial charge in [0.25, 0.3) is 0 Å². The Morgan fingerprint density at radius 1 is 1.03 bits per heavy atom. The van der Waals surface area contributed by atoms with Crippen LogP contribution in [0.4, 0.5) is 5.69 Å². The number of ether oxygens (including phenoxy) is 1. The maximum absolute atomic E-state index is 13.5. The summed E-state index contributed by atoms with van der Waals surface area (Å²) in [6.07, 6.45) is 1.56. The summed E-state index contributed by atoms with van der Waals surface area (Å²) in [6, 6.07) is 15.4. The number of para-hydroxylation sites is 2. The van der Waals surface area contributed by atoms with E-state index in [0.717, 1.165) is 16.1 Å². The third-order valence-corrected chi connectivity index (χ3v) is 6.31. The second-order valence-corrected chi connectivity index (χ2v) is 11.1. The molecule has 0 heterocycles. The molecule has 0 aliphatic carbocycles. The van der Waals surface area contributed by atoms with Crippen molar-refractivity contribution in [2.45, 2.75) is 45.7 Å². The number of hydrogen-bond acceptors (Lipinski definition) is 5. The van der Waals surface area contributed by atoms with Crippen molar-refractivity contribution < 1.29 is 22.7 Å². The maximum atomic E-state index is 13.5. The highest BCUT2D eigenvalue weighted by atomic mass is 32.2. The van der Waals surface area contributed by atoms with Crippen molar-refractivity contribution in [2.24, 2.45) is 0 Å². The zero-order chi connectivity index (χ0) is 25.5. The van der Waals surface area contributed by atoms with E-state index in [4.69, 9.17) is 4.74 Å². The lowest BCUT2D eigenvalue weighted by atomic mass is 10.1. The first kappa shape index (κ1) is 27.2. The third-order valence-electron chi connectivity index (χ3n) is 5.18. The second kappa shape index (κ2) is 11.4. The van der Waals surface area contributed by atoms with E-state index in [9.17, 15) is 18.0 Å². The van der Waals surface area contributed by atoms with Crippen molar-refractivity contribution in [1.82, 2.24) is 10.2 Å². The van der Waals surface area contributed by atoms with Crippen LogP contribution in [0.5, 0.6) is 5.75 Å². The van der Waals surface area contributed by atoms with E-state index >= 15 is 0 Å². The normalized spacial score (nSPS) is 12.5. The molecule has 0 aliphatic heterocycles. The van der Waals surface area contributed by atoms with Gasteiger partial charge in [-0.3, -0.25) is 13.9 Å². The Labute approximate surface area is 202 Å². The van der Waals surface area contributed by atoms with Gasteiger partial charge in [-0.15, -0.1) is 0 Å². The van der Waals surface area contributed by atoms with E-state index in [1.165, 1.54) is 12.0 Å². The largest absolute Gasteiger partial charge is 0.495 e. The van der Waals surface area contributed by atoms with Gasteiger partial charge in [0, 0.05) is 12.1 Å². The predicted molar refractivity (Wildman–Crippen MR) is 134 cm³/mol. The lowest BCUT2D eigenvalue weighted by Crippen LogP contribution is -2.55. The molecule has 9 heteroatoms. The number of nitrogens with one attached hydrogen (secondary N) is 1. The molecule has 0 saturated carbocycles. The van der Waals surface area contributed by atoms with Crippen LogP contribution in [0.15, 0.2) is 54.6 Å². The fraction of sp³-hybridized carbons (Fsp3) is 0.440. The van der Waals surface area contributed by atoms with Crippen LogP contribution in [-0.4, -0.2) is 63.2 Å². The van der Waals surface area contributed by atoms with Crippen LogP contribution < -0.4 is 14.4 Å². The van der Waals surface area contributed by atoms with Crippen LogP contribution in [-0.2, 0) is 26.0 Å². The monoisotopic (exact) mass is 489 g/mol. The molecule has 2 rings (SSSR count). The molecule has 186 valence electrons. The molecular formula is C25H35N3O5S. The molecule has 1 N–H and O–H groups in total. The van der Waals surface area contributed by atoms with Crippen molar-refractivity contribution in [3.05, 3.63) is 60.2 Å². The Morgan fingerprint density at radius 2 is 1.62 bits per heavy atom. The fourth-order valence-electron chi connectivity index (χ4n) is 3.47. The number of carbonyl (C=O) groups is 2. The lowest BCUT2D eigenvalue weighted by molar-refractivity contribution is -0.139. The number of anilines is 1. The molecule has 0 aliphatic rings. The summed E-state index contributed by atoms with van der Waals surface area (Å²) < 4.78 is 31.6. The summed E-state index contributed by atoms with van der Waals surface area (Å²) in [6.45, 7) is 7.03. The average Bonchev–Trinajstić information content (AvgIpc) is 2.76. The Morgan fingerprint density at radius 3 is 2.18 bits per heavy atom. The topological polar surface area (TPSA) is 96.0 Å². The summed E-state index contributed by atoms with van der Waals surface area (Å²) in [5, 5.41) is 2.90. The van der Waals surface area contributed by atoms with E-state index in [-0.39, 0.29) is 18.1 Å². The Balaban J connectivity index is 2.36. The highest BCUT2D eigenvalue weighted by molar-refractivity contribution is 7.92. The van der Waals surface area contributed by atoms with Gasteiger partial charge < -0.3 is 15.0 Å². The first-order valence-corrected chi connectivity index (χ1v) is 12.9. The molecule has 0 saturated heterocycles. The van der Waals surface area contributed by atoms with Gasteiger partial charge in [-0.25, -0.2) is 8.42 Å². The molecule has 1 atom stereocenters. The standard InChI is InChI=1S/C25H35N3O5S/c1-19(24(30)26-25(2,3)4)27(17-16-20-12-8-7-9-13-20)23(29)18-28(34(6,31)32)21-14-10-11-15-22(21)33-5/h7-15,19H,16-18H2,1-6H3,(H,26,30)/t19-/m1/s1. The molecule has 2 amide bonds. The van der Waals surface area contributed by atoms with E-state index in [2.05, 4.69) is 5.32 Å². The van der Waals surface area contributed by atoms with Crippen LogP contribution >= 0.6 is 0 Å². The third kappa shape index (κ3) is 7.76. The molecule has 0 radical (unpaired) electrons. The Kier molecular flexibility index (Phi) is 9.09. The average molecular weight is 490 g/mol. The first-order valence-electron chi connectivity index (χ1n) is 11.1. The number of benzene rings is 2. The van der Waals surface area contributed by atoms with Gasteiger partial charge in [0.1, 0.15) is 18.3 Å². The zero-order valence-corrected chi connectivity index (χ0v) is 21.6. The van der Waals surface area contributed by atoms with E-state index < -0.39 is 34.1 Å². The molecular weight excluding hydrogens is 454 g/mol. The smallest absolute Gasteiger partial charge is 0.244 e. The highest BCUT2D eigenvalue weighted by Crippen LogP contribution is 2.29. The number of sulfonamides is 1. The van der Waals surface area contributed by atoms with Gasteiger partial charge >= 0.3 is 0 Å². The SMILES string of the molecule is COc1ccccc1N(CC(=O)N(CCc1ccccc1)[C@H](C)C(=O)NC(C)(C)C)S(C)(=O)=O. The number of amides is 2. The zero-order valence-electron chi connectivity index (χ0n) is 20.7. The van der Waals surface area contributed by atoms with Gasteiger partial charge in [0.15, 0.2) is 0 Å². The van der Waals surface area contributed by atoms with Gasteiger partial charge in [-0.2, -0.15) is 0 Å². The Bertz CT molecular complexity index is 1080. The van der Waals surface area contributed by atoms with Crippen molar-refractivity contribution >= 4 is 27.5 Å². The van der Waals surface area contributed by atoms with Crippen molar-refractivity contribution in [2.75, 3.05) is 30.8 Å². The number of hydrogen-bond donors (Lipinski definition) is 1. The summed E-state index contributed by atoms with van der Waals surface area (Å²) in [5.74, 6) is -0.462. The minimum absolute atomic E-state index is 0.255.